The zero-order chi connectivity index (χ0) is 18.8. The molecule has 1 N–H and O–H groups in total. The summed E-state index contributed by atoms with van der Waals surface area (Å²) in [6, 6.07) is 15.7. The number of nitrogens with zero attached hydrogens (tertiary/aromatic N) is 2. The van der Waals surface area contributed by atoms with Crippen molar-refractivity contribution in [3.63, 3.8) is 0 Å². The second-order valence-corrected chi connectivity index (χ2v) is 7.54. The van der Waals surface area contributed by atoms with Crippen LogP contribution in [0.4, 0.5) is 0 Å². The van der Waals surface area contributed by atoms with Gasteiger partial charge in [-0.1, -0.05) is 36.4 Å². The Labute approximate surface area is 160 Å². The first-order valence-electron chi connectivity index (χ1n) is 9.73. The Morgan fingerprint density at radius 2 is 1.81 bits per heavy atom. The predicted octanol–water partition coefficient (Wildman–Crippen LogP) is 3.97. The first-order valence-corrected chi connectivity index (χ1v) is 9.73. The number of aliphatic hydroxyl groups excluding tert-OH is 1. The molecule has 0 bridgehead atoms. The minimum Gasteiger partial charge on any atom is -0.387 e. The predicted molar refractivity (Wildman–Crippen MR) is 109 cm³/mol. The maximum Gasteiger partial charge on any atom is 0.256 e. The highest BCUT2D eigenvalue weighted by atomic mass is 16.3. The molecule has 0 saturated carbocycles. The molecule has 0 radical (unpaired) electrons. The minimum atomic E-state index is -0.481. The molecule has 0 spiro atoms. The fourth-order valence-corrected chi connectivity index (χ4v) is 4.01. The maximum absolute atomic E-state index is 11.7. The molecule has 4 nitrogen and oxygen atoms in total. The number of benzene rings is 2. The van der Waals surface area contributed by atoms with Crippen LogP contribution in [0.2, 0.25) is 0 Å². The molecule has 0 aliphatic carbocycles. The summed E-state index contributed by atoms with van der Waals surface area (Å²) in [5.41, 5.74) is 3.69. The molecule has 1 fully saturated rings. The van der Waals surface area contributed by atoms with Gasteiger partial charge in [0.2, 0.25) is 0 Å². The van der Waals surface area contributed by atoms with Gasteiger partial charge >= 0.3 is 0 Å². The fourth-order valence-electron chi connectivity index (χ4n) is 4.01. The first kappa shape index (κ1) is 18.0. The second-order valence-electron chi connectivity index (χ2n) is 7.54. The summed E-state index contributed by atoms with van der Waals surface area (Å²) in [6.45, 7) is 4.22. The summed E-state index contributed by atoms with van der Waals surface area (Å²) in [7, 11) is 0. The number of likely N-dealkylation sites (tertiary alicyclic amines) is 1. The van der Waals surface area contributed by atoms with Gasteiger partial charge in [-0.15, -0.1) is 0 Å². The number of fused-ring (bicyclic) bond motifs is 1. The Balaban J connectivity index is 1.48. The molecule has 1 aromatic heterocycles. The first-order chi connectivity index (χ1) is 13.1. The second kappa shape index (κ2) is 7.67. The molecule has 4 rings (SSSR count). The van der Waals surface area contributed by atoms with E-state index in [1.807, 2.05) is 6.07 Å². The smallest absolute Gasteiger partial charge is 0.256 e. The highest BCUT2D eigenvalue weighted by Gasteiger charge is 2.19. The van der Waals surface area contributed by atoms with Crippen LogP contribution in [0.15, 0.2) is 54.9 Å². The Morgan fingerprint density at radius 3 is 2.52 bits per heavy atom. The standard InChI is InChI=1S/C23H26N2O2/c1-17-3-2-11-24(17)12-10-18-4-6-19(7-5-18)20-8-9-21-14-25(23(27)16-26)15-22(21)13-20/h4-9,13-15,17,26H,2-3,10-12,16H2,1H3/t17-/m1/s1. The van der Waals surface area contributed by atoms with Gasteiger partial charge in [-0.25, -0.2) is 0 Å². The summed E-state index contributed by atoms with van der Waals surface area (Å²) in [5.74, 6) is -0.315. The third kappa shape index (κ3) is 3.82. The SMILES string of the molecule is C[C@@H]1CCCN1CCc1ccc(-c2ccc3cn(C(=O)CO)cc3c2)cc1. The number of aromatic nitrogens is 1. The van der Waals surface area contributed by atoms with E-state index in [2.05, 4.69) is 48.2 Å². The van der Waals surface area contributed by atoms with Crippen LogP contribution in [0.25, 0.3) is 21.9 Å². The number of hydrogen-bond acceptors (Lipinski definition) is 3. The third-order valence-electron chi connectivity index (χ3n) is 5.73. The van der Waals surface area contributed by atoms with Crippen molar-refractivity contribution in [3.8, 4) is 11.1 Å². The van der Waals surface area contributed by atoms with Crippen LogP contribution in [-0.2, 0) is 6.42 Å². The van der Waals surface area contributed by atoms with E-state index in [1.165, 1.54) is 35.1 Å². The molecule has 2 heterocycles. The zero-order valence-electron chi connectivity index (χ0n) is 15.8. The van der Waals surface area contributed by atoms with Gasteiger partial charge in [-0.2, -0.15) is 0 Å². The van der Waals surface area contributed by atoms with Crippen molar-refractivity contribution < 1.29 is 9.90 Å². The van der Waals surface area contributed by atoms with E-state index in [0.717, 1.165) is 35.3 Å². The van der Waals surface area contributed by atoms with Gasteiger partial charge in [0.1, 0.15) is 6.61 Å². The molecule has 3 aromatic rings. The van der Waals surface area contributed by atoms with Gasteiger partial charge < -0.3 is 10.0 Å². The molecule has 0 unspecified atom stereocenters. The molecule has 0 amide bonds. The van der Waals surface area contributed by atoms with Gasteiger partial charge in [0.15, 0.2) is 0 Å². The molecule has 1 aliphatic heterocycles. The monoisotopic (exact) mass is 362 g/mol. The van der Waals surface area contributed by atoms with Crippen molar-refractivity contribution >= 4 is 16.7 Å². The van der Waals surface area contributed by atoms with Crippen LogP contribution in [-0.4, -0.2) is 46.2 Å². The van der Waals surface area contributed by atoms with Gasteiger partial charge in [0.05, 0.1) is 0 Å². The molecule has 1 aliphatic rings. The molecule has 1 saturated heterocycles. The van der Waals surface area contributed by atoms with Gasteiger partial charge in [-0.05, 0) is 60.9 Å². The Kier molecular flexibility index (Phi) is 5.10. The van der Waals surface area contributed by atoms with Crippen molar-refractivity contribution in [2.24, 2.45) is 0 Å². The number of hydrogen-bond donors (Lipinski definition) is 1. The zero-order valence-corrected chi connectivity index (χ0v) is 15.8. The number of carbonyl (C=O) groups is 1. The van der Waals surface area contributed by atoms with E-state index in [1.54, 1.807) is 12.4 Å². The van der Waals surface area contributed by atoms with Gasteiger partial charge in [0, 0.05) is 30.4 Å². The molecule has 140 valence electrons. The lowest BCUT2D eigenvalue weighted by atomic mass is 10.0. The van der Waals surface area contributed by atoms with Crippen LogP contribution < -0.4 is 0 Å². The lowest BCUT2D eigenvalue weighted by molar-refractivity contribution is 0.0819. The number of aliphatic hydroxyl groups is 1. The van der Waals surface area contributed by atoms with Crippen molar-refractivity contribution in [2.45, 2.75) is 32.2 Å². The van der Waals surface area contributed by atoms with E-state index in [-0.39, 0.29) is 5.91 Å². The molecular weight excluding hydrogens is 336 g/mol. The quantitative estimate of drug-likeness (QED) is 0.747. The number of carbonyl (C=O) groups excluding carboxylic acids is 1. The lowest BCUT2D eigenvalue weighted by Gasteiger charge is -2.20. The van der Waals surface area contributed by atoms with Gasteiger partial charge in [0.25, 0.3) is 5.91 Å². The average Bonchev–Trinajstić information content (AvgIpc) is 3.31. The van der Waals surface area contributed by atoms with Crippen LogP contribution in [0.3, 0.4) is 0 Å². The van der Waals surface area contributed by atoms with Crippen LogP contribution in [0.1, 0.15) is 30.1 Å². The van der Waals surface area contributed by atoms with E-state index in [0.29, 0.717) is 0 Å². The maximum atomic E-state index is 11.7. The summed E-state index contributed by atoms with van der Waals surface area (Å²) in [4.78, 5) is 14.2. The molecule has 1 atom stereocenters. The Bertz CT molecular complexity index is 943. The largest absolute Gasteiger partial charge is 0.387 e. The van der Waals surface area contributed by atoms with Crippen molar-refractivity contribution in [2.75, 3.05) is 19.7 Å². The van der Waals surface area contributed by atoms with E-state index in [9.17, 15) is 4.79 Å². The minimum absolute atomic E-state index is 0.315. The van der Waals surface area contributed by atoms with Gasteiger partial charge in [-0.3, -0.25) is 9.36 Å². The van der Waals surface area contributed by atoms with E-state index in [4.69, 9.17) is 5.11 Å². The third-order valence-corrected chi connectivity index (χ3v) is 5.73. The molecule has 2 aromatic carbocycles. The van der Waals surface area contributed by atoms with Crippen molar-refractivity contribution in [1.82, 2.24) is 9.47 Å². The topological polar surface area (TPSA) is 45.5 Å². The summed E-state index contributed by atoms with van der Waals surface area (Å²) >= 11 is 0. The number of rotatable bonds is 5. The van der Waals surface area contributed by atoms with Crippen molar-refractivity contribution in [3.05, 3.63) is 60.4 Å². The Hall–Kier alpha value is -2.43. The van der Waals surface area contributed by atoms with Crippen LogP contribution in [0.5, 0.6) is 0 Å². The lowest BCUT2D eigenvalue weighted by Crippen LogP contribution is -2.28. The van der Waals surface area contributed by atoms with Crippen LogP contribution >= 0.6 is 0 Å². The van der Waals surface area contributed by atoms with Crippen LogP contribution in [0, 0.1) is 0 Å². The van der Waals surface area contributed by atoms with E-state index < -0.39 is 6.61 Å². The highest BCUT2D eigenvalue weighted by Crippen LogP contribution is 2.26. The normalized spacial score (nSPS) is 17.6. The average molecular weight is 362 g/mol. The molecular formula is C23H26N2O2. The molecule has 27 heavy (non-hydrogen) atoms. The summed E-state index contributed by atoms with van der Waals surface area (Å²) in [5, 5.41) is 11.0. The Morgan fingerprint density at radius 1 is 1.07 bits per heavy atom. The van der Waals surface area contributed by atoms with Crippen molar-refractivity contribution in [1.29, 1.82) is 0 Å². The summed E-state index contributed by atoms with van der Waals surface area (Å²) in [6.07, 6.45) is 7.29. The highest BCUT2D eigenvalue weighted by molar-refractivity contribution is 5.92. The summed E-state index contributed by atoms with van der Waals surface area (Å²) < 4.78 is 1.46. The fraction of sp³-hybridized carbons (Fsp3) is 0.348. The van der Waals surface area contributed by atoms with E-state index >= 15 is 0 Å². The molecule has 4 heteroatoms.